The van der Waals surface area contributed by atoms with Gasteiger partial charge in [-0.25, -0.2) is 4.79 Å². The minimum Gasteiger partial charge on any atom is -0.480 e. The summed E-state index contributed by atoms with van der Waals surface area (Å²) >= 11 is 0. The van der Waals surface area contributed by atoms with Crippen molar-refractivity contribution in [3.8, 4) is 0 Å². The number of nitrogens with two attached hydrogens (primary N) is 4. The van der Waals surface area contributed by atoms with Crippen LogP contribution in [0.3, 0.4) is 0 Å². The molecule has 0 aliphatic rings. The third-order valence-corrected chi connectivity index (χ3v) is 5.00. The lowest BCUT2D eigenvalue weighted by atomic mass is 10.0. The normalized spacial score (nSPS) is 15.1. The third-order valence-electron chi connectivity index (χ3n) is 5.00. The fourth-order valence-corrected chi connectivity index (χ4v) is 3.09. The molecular weight excluding hydrogens is 476 g/mol. The Morgan fingerprint density at radius 3 is 1.92 bits per heavy atom. The van der Waals surface area contributed by atoms with Crippen molar-refractivity contribution in [2.24, 2.45) is 33.8 Å². The molecule has 0 radical (unpaired) electrons. The number of guanidine groups is 1. The fourth-order valence-electron chi connectivity index (χ4n) is 3.09. The predicted molar refractivity (Wildman–Crippen MR) is 131 cm³/mol. The van der Waals surface area contributed by atoms with Gasteiger partial charge in [0, 0.05) is 13.0 Å². The van der Waals surface area contributed by atoms with Crippen molar-refractivity contribution in [2.45, 2.75) is 83.1 Å². The SMILES string of the molecule is CC(C)CC(NC(=O)C(CCCN=C(N)N)NC(=O)C(NC(=O)C(N)CCC(N)=O)C(C)O)C(=O)O. The zero-order valence-electron chi connectivity index (χ0n) is 20.9. The first-order valence-corrected chi connectivity index (χ1v) is 11.6. The van der Waals surface area contributed by atoms with E-state index in [4.69, 9.17) is 22.9 Å². The summed E-state index contributed by atoms with van der Waals surface area (Å²) < 4.78 is 0. The molecule has 0 spiro atoms. The average molecular weight is 517 g/mol. The molecule has 206 valence electrons. The summed E-state index contributed by atoms with van der Waals surface area (Å²) in [7, 11) is 0. The van der Waals surface area contributed by atoms with E-state index in [-0.39, 0.29) is 50.5 Å². The highest BCUT2D eigenvalue weighted by molar-refractivity contribution is 5.94. The number of aliphatic imine (C=N–C) groups is 1. The molecule has 0 rings (SSSR count). The number of aliphatic carboxylic acids is 1. The summed E-state index contributed by atoms with van der Waals surface area (Å²) in [6.45, 7) is 4.97. The molecule has 0 aliphatic carbocycles. The molecule has 15 heteroatoms. The molecule has 0 aromatic heterocycles. The van der Waals surface area contributed by atoms with Crippen LogP contribution in [-0.4, -0.2) is 82.6 Å². The van der Waals surface area contributed by atoms with E-state index in [0.717, 1.165) is 0 Å². The van der Waals surface area contributed by atoms with Gasteiger partial charge in [-0.15, -0.1) is 0 Å². The highest BCUT2D eigenvalue weighted by Gasteiger charge is 2.32. The smallest absolute Gasteiger partial charge is 0.326 e. The topological polar surface area (TPSA) is 278 Å². The number of hydrogen-bond acceptors (Lipinski definition) is 8. The van der Waals surface area contributed by atoms with Gasteiger partial charge in [-0.3, -0.25) is 24.2 Å². The highest BCUT2D eigenvalue weighted by atomic mass is 16.4. The van der Waals surface area contributed by atoms with Crippen molar-refractivity contribution in [1.82, 2.24) is 16.0 Å². The van der Waals surface area contributed by atoms with E-state index in [1.54, 1.807) is 13.8 Å². The van der Waals surface area contributed by atoms with E-state index >= 15 is 0 Å². The Morgan fingerprint density at radius 1 is 0.861 bits per heavy atom. The molecule has 0 bridgehead atoms. The summed E-state index contributed by atoms with van der Waals surface area (Å²) in [6, 6.07) is -5.07. The number of carbonyl (C=O) groups is 5. The molecular formula is C21H40N8O7. The summed E-state index contributed by atoms with van der Waals surface area (Å²) in [5, 5.41) is 26.6. The number of nitrogens with zero attached hydrogens (tertiary/aromatic N) is 1. The Balaban J connectivity index is 5.55. The van der Waals surface area contributed by atoms with Crippen LogP contribution in [-0.2, 0) is 24.0 Å². The molecule has 0 aromatic rings. The largest absolute Gasteiger partial charge is 0.480 e. The van der Waals surface area contributed by atoms with E-state index in [0.29, 0.717) is 0 Å². The lowest BCUT2D eigenvalue weighted by molar-refractivity contribution is -0.143. The van der Waals surface area contributed by atoms with E-state index < -0.39 is 59.9 Å². The molecule has 0 fully saturated rings. The van der Waals surface area contributed by atoms with Gasteiger partial charge in [-0.05, 0) is 38.5 Å². The molecule has 0 saturated carbocycles. The number of carboxylic acid groups (broad SMARTS) is 1. The van der Waals surface area contributed by atoms with Crippen LogP contribution in [0, 0.1) is 5.92 Å². The van der Waals surface area contributed by atoms with Gasteiger partial charge < -0.3 is 49.1 Å². The van der Waals surface area contributed by atoms with Crippen molar-refractivity contribution >= 4 is 35.6 Å². The monoisotopic (exact) mass is 516 g/mol. The van der Waals surface area contributed by atoms with Crippen LogP contribution in [0.1, 0.15) is 52.9 Å². The van der Waals surface area contributed by atoms with Crippen LogP contribution in [0.5, 0.6) is 0 Å². The number of amides is 4. The second kappa shape index (κ2) is 16.3. The van der Waals surface area contributed by atoms with Crippen molar-refractivity contribution in [1.29, 1.82) is 0 Å². The third kappa shape index (κ3) is 13.4. The van der Waals surface area contributed by atoms with Crippen molar-refractivity contribution in [3.63, 3.8) is 0 Å². The molecule has 0 aromatic carbocycles. The number of hydrogen-bond donors (Lipinski definition) is 9. The first-order chi connectivity index (χ1) is 16.6. The van der Waals surface area contributed by atoms with Crippen molar-refractivity contribution in [2.75, 3.05) is 6.54 Å². The van der Waals surface area contributed by atoms with Gasteiger partial charge in [0.05, 0.1) is 12.1 Å². The lowest BCUT2D eigenvalue weighted by Crippen LogP contribution is -2.59. The summed E-state index contributed by atoms with van der Waals surface area (Å²) in [5.74, 6) is -4.57. The molecule has 15 nitrogen and oxygen atoms in total. The standard InChI is InChI=1S/C21H40N8O7/c1-10(2)9-14(20(35)36)28-18(33)13(5-4-8-26-21(24)25)27-19(34)16(11(3)30)29-17(32)12(22)6-7-15(23)31/h10-14,16,30H,4-9,22H2,1-3H3,(H2,23,31)(H,27,34)(H,28,33)(H,29,32)(H,35,36)(H4,24,25,26). The first kappa shape index (κ1) is 32.5. The molecule has 5 unspecified atom stereocenters. The number of primary amides is 1. The molecule has 36 heavy (non-hydrogen) atoms. The molecule has 0 saturated heterocycles. The Bertz CT molecular complexity index is 799. The van der Waals surface area contributed by atoms with Crippen LogP contribution in [0.15, 0.2) is 4.99 Å². The number of aliphatic hydroxyl groups excluding tert-OH is 1. The fraction of sp³-hybridized carbons (Fsp3) is 0.714. The minimum atomic E-state index is -1.49. The molecule has 13 N–H and O–H groups in total. The van der Waals surface area contributed by atoms with Gasteiger partial charge in [0.15, 0.2) is 5.96 Å². The molecule has 5 atom stereocenters. The number of rotatable bonds is 17. The van der Waals surface area contributed by atoms with Crippen LogP contribution < -0.4 is 38.9 Å². The van der Waals surface area contributed by atoms with Gasteiger partial charge in [0.1, 0.15) is 18.1 Å². The van der Waals surface area contributed by atoms with Crippen LogP contribution >= 0.6 is 0 Å². The highest BCUT2D eigenvalue weighted by Crippen LogP contribution is 2.08. The molecule has 0 heterocycles. The Morgan fingerprint density at radius 2 is 1.44 bits per heavy atom. The number of aliphatic hydroxyl groups is 1. The van der Waals surface area contributed by atoms with Gasteiger partial charge in [-0.2, -0.15) is 0 Å². The zero-order chi connectivity index (χ0) is 28.0. The Labute approximate surface area is 209 Å². The number of carbonyl (C=O) groups excluding carboxylic acids is 4. The minimum absolute atomic E-state index is 0.0287. The van der Waals surface area contributed by atoms with Gasteiger partial charge >= 0.3 is 5.97 Å². The first-order valence-electron chi connectivity index (χ1n) is 11.6. The van der Waals surface area contributed by atoms with Crippen LogP contribution in [0.4, 0.5) is 0 Å². The van der Waals surface area contributed by atoms with Gasteiger partial charge in [0.25, 0.3) is 0 Å². The predicted octanol–water partition coefficient (Wildman–Crippen LogP) is -3.40. The quantitative estimate of drug-likeness (QED) is 0.0524. The summed E-state index contributed by atoms with van der Waals surface area (Å²) in [5.41, 5.74) is 21.3. The summed E-state index contributed by atoms with van der Waals surface area (Å²) in [4.78, 5) is 64.4. The van der Waals surface area contributed by atoms with E-state index in [1.165, 1.54) is 6.92 Å². The summed E-state index contributed by atoms with van der Waals surface area (Å²) in [6.07, 6.45) is -1.17. The van der Waals surface area contributed by atoms with Crippen LogP contribution in [0.2, 0.25) is 0 Å². The average Bonchev–Trinajstić information content (AvgIpc) is 2.75. The number of carboxylic acids is 1. The maximum atomic E-state index is 12.9. The Kier molecular flexibility index (Phi) is 14.7. The molecule has 0 aliphatic heterocycles. The Hall–Kier alpha value is -3.46. The second-order valence-corrected chi connectivity index (χ2v) is 8.88. The van der Waals surface area contributed by atoms with E-state index in [1.807, 2.05) is 0 Å². The van der Waals surface area contributed by atoms with Gasteiger partial charge in [-0.1, -0.05) is 13.8 Å². The van der Waals surface area contributed by atoms with Gasteiger partial charge in [0.2, 0.25) is 23.6 Å². The van der Waals surface area contributed by atoms with Crippen LogP contribution in [0.25, 0.3) is 0 Å². The second-order valence-electron chi connectivity index (χ2n) is 8.88. The maximum Gasteiger partial charge on any atom is 0.326 e. The van der Waals surface area contributed by atoms with E-state index in [2.05, 4.69) is 20.9 Å². The zero-order valence-corrected chi connectivity index (χ0v) is 20.9. The van der Waals surface area contributed by atoms with E-state index in [9.17, 15) is 34.2 Å². The van der Waals surface area contributed by atoms with Crippen molar-refractivity contribution < 1.29 is 34.2 Å². The maximum absolute atomic E-state index is 12.9. The lowest BCUT2D eigenvalue weighted by Gasteiger charge is -2.26. The number of nitrogens with one attached hydrogen (secondary N) is 3. The van der Waals surface area contributed by atoms with Crippen molar-refractivity contribution in [3.05, 3.63) is 0 Å². The molecule has 4 amide bonds.